The number of nitrogens with zero attached hydrogens (tertiary/aromatic N) is 2. The van der Waals surface area contributed by atoms with Crippen LogP contribution in [0.15, 0.2) is 22.7 Å². The number of anilines is 1. The van der Waals surface area contributed by atoms with E-state index in [0.717, 1.165) is 4.90 Å². The number of halogens is 1. The number of hydrogen-bond acceptors (Lipinski definition) is 4. The summed E-state index contributed by atoms with van der Waals surface area (Å²) in [4.78, 5) is 36.0. The van der Waals surface area contributed by atoms with Crippen molar-refractivity contribution >= 4 is 39.5 Å². The number of nitrogens with one attached hydrogen (secondary N) is 1. The number of carbonyl (C=O) groups is 3. The monoisotopic (exact) mass is 321 g/mol. The summed E-state index contributed by atoms with van der Waals surface area (Å²) < 4.78 is 0.617. The van der Waals surface area contributed by atoms with Crippen LogP contribution >= 0.6 is 15.9 Å². The van der Waals surface area contributed by atoms with E-state index in [4.69, 9.17) is 5.26 Å². The molecule has 1 unspecified atom stereocenters. The summed E-state index contributed by atoms with van der Waals surface area (Å²) in [5.41, 5.74) is 0.326. The Morgan fingerprint density at radius 3 is 2.68 bits per heavy atom. The summed E-state index contributed by atoms with van der Waals surface area (Å²) in [7, 11) is 0. The van der Waals surface area contributed by atoms with Gasteiger partial charge < -0.3 is 0 Å². The van der Waals surface area contributed by atoms with Gasteiger partial charge in [0, 0.05) is 4.47 Å². The van der Waals surface area contributed by atoms with Gasteiger partial charge in [-0.1, -0.05) is 15.9 Å². The van der Waals surface area contributed by atoms with Crippen LogP contribution < -0.4 is 10.2 Å². The van der Waals surface area contributed by atoms with Crippen molar-refractivity contribution in [1.29, 1.82) is 5.26 Å². The van der Waals surface area contributed by atoms with E-state index in [1.54, 1.807) is 6.07 Å². The van der Waals surface area contributed by atoms with Crippen LogP contribution in [0.5, 0.6) is 0 Å². The first kappa shape index (κ1) is 13.2. The maximum atomic E-state index is 12.0. The molecule has 0 radical (unpaired) electrons. The van der Waals surface area contributed by atoms with Crippen molar-refractivity contribution in [3.05, 3.63) is 28.2 Å². The molecule has 1 saturated heterocycles. The third-order valence-electron chi connectivity index (χ3n) is 2.74. The van der Waals surface area contributed by atoms with Gasteiger partial charge in [0.05, 0.1) is 11.3 Å². The molecule has 1 fully saturated rings. The molecule has 1 aliphatic rings. The molecule has 4 amide bonds. The molecule has 1 atom stereocenters. The molecular weight excluding hydrogens is 314 g/mol. The van der Waals surface area contributed by atoms with Crippen LogP contribution in [0.1, 0.15) is 12.5 Å². The van der Waals surface area contributed by atoms with E-state index in [9.17, 15) is 14.4 Å². The van der Waals surface area contributed by atoms with Crippen LogP contribution in [0.2, 0.25) is 0 Å². The Kier molecular flexibility index (Phi) is 3.36. The van der Waals surface area contributed by atoms with Gasteiger partial charge in [-0.15, -0.1) is 0 Å². The lowest BCUT2D eigenvalue weighted by Crippen LogP contribution is -2.57. The summed E-state index contributed by atoms with van der Waals surface area (Å²) in [5, 5.41) is 11.1. The largest absolute Gasteiger partial charge is 0.335 e. The first-order valence-corrected chi connectivity index (χ1v) is 6.13. The maximum Gasteiger partial charge on any atom is 0.335 e. The fraction of sp³-hybridized carbons (Fsp3) is 0.167. The number of amides is 4. The van der Waals surface area contributed by atoms with Crippen LogP contribution in [-0.2, 0) is 9.59 Å². The highest BCUT2D eigenvalue weighted by Crippen LogP contribution is 2.27. The van der Waals surface area contributed by atoms with E-state index >= 15 is 0 Å². The van der Waals surface area contributed by atoms with Gasteiger partial charge in [0.25, 0.3) is 0 Å². The Balaban J connectivity index is 2.55. The molecule has 19 heavy (non-hydrogen) atoms. The highest BCUT2D eigenvalue weighted by atomic mass is 79.9. The van der Waals surface area contributed by atoms with E-state index in [1.807, 2.05) is 6.07 Å². The molecule has 0 spiro atoms. The van der Waals surface area contributed by atoms with Gasteiger partial charge in [0.15, 0.2) is 0 Å². The van der Waals surface area contributed by atoms with Crippen LogP contribution in [0.4, 0.5) is 10.5 Å². The van der Waals surface area contributed by atoms with Crippen molar-refractivity contribution in [2.75, 3.05) is 4.90 Å². The average molecular weight is 322 g/mol. The number of hydrogen-bond donors (Lipinski definition) is 1. The Hall–Kier alpha value is -2.20. The Morgan fingerprint density at radius 2 is 2.05 bits per heavy atom. The minimum absolute atomic E-state index is 0.152. The molecule has 1 N–H and O–H groups in total. The van der Waals surface area contributed by atoms with Crippen LogP contribution in [0.25, 0.3) is 0 Å². The zero-order valence-electron chi connectivity index (χ0n) is 9.81. The first-order chi connectivity index (χ1) is 8.95. The smallest absolute Gasteiger partial charge is 0.277 e. The van der Waals surface area contributed by atoms with E-state index in [-0.39, 0.29) is 11.3 Å². The second-order valence-electron chi connectivity index (χ2n) is 3.96. The quantitative estimate of drug-likeness (QED) is 0.794. The third kappa shape index (κ3) is 2.22. The topological polar surface area (TPSA) is 90.3 Å². The van der Waals surface area contributed by atoms with Gasteiger partial charge in [-0.3, -0.25) is 14.9 Å². The molecule has 0 bridgehead atoms. The highest BCUT2D eigenvalue weighted by molar-refractivity contribution is 9.10. The first-order valence-electron chi connectivity index (χ1n) is 5.34. The zero-order chi connectivity index (χ0) is 14.2. The lowest BCUT2D eigenvalue weighted by Gasteiger charge is -2.29. The van der Waals surface area contributed by atoms with Crippen LogP contribution in [0, 0.1) is 17.2 Å². The number of carbonyl (C=O) groups excluding carboxylic acids is 3. The van der Waals surface area contributed by atoms with Gasteiger partial charge >= 0.3 is 6.03 Å². The molecule has 2 rings (SSSR count). The van der Waals surface area contributed by atoms with E-state index in [2.05, 4.69) is 21.2 Å². The molecule has 7 heteroatoms. The van der Waals surface area contributed by atoms with Gasteiger partial charge in [-0.2, -0.15) is 5.26 Å². The van der Waals surface area contributed by atoms with Gasteiger partial charge in [-0.05, 0) is 25.1 Å². The summed E-state index contributed by atoms with van der Waals surface area (Å²) in [5.74, 6) is -2.26. The van der Waals surface area contributed by atoms with Crippen molar-refractivity contribution in [2.24, 2.45) is 5.92 Å². The molecule has 6 nitrogen and oxygen atoms in total. The minimum Gasteiger partial charge on any atom is -0.277 e. The predicted molar refractivity (Wildman–Crippen MR) is 69.0 cm³/mol. The lowest BCUT2D eigenvalue weighted by molar-refractivity contribution is -0.133. The summed E-state index contributed by atoms with van der Waals surface area (Å²) in [6.07, 6.45) is 0. The predicted octanol–water partition coefficient (Wildman–Crippen LogP) is 1.54. The summed E-state index contributed by atoms with van der Waals surface area (Å²) in [6, 6.07) is 5.66. The number of benzene rings is 1. The van der Waals surface area contributed by atoms with Gasteiger partial charge in [-0.25, -0.2) is 9.69 Å². The summed E-state index contributed by atoms with van der Waals surface area (Å²) in [6.45, 7) is 1.40. The fourth-order valence-corrected chi connectivity index (χ4v) is 2.04. The molecule has 1 aromatic rings. The highest BCUT2D eigenvalue weighted by Gasteiger charge is 2.39. The molecule has 0 aromatic heterocycles. The molecule has 1 heterocycles. The third-order valence-corrected chi connectivity index (χ3v) is 3.23. The minimum atomic E-state index is -0.969. The second kappa shape index (κ2) is 4.82. The molecule has 1 aliphatic heterocycles. The van der Waals surface area contributed by atoms with Gasteiger partial charge in [0.1, 0.15) is 12.0 Å². The number of urea groups is 1. The van der Waals surface area contributed by atoms with Crippen molar-refractivity contribution in [2.45, 2.75) is 6.92 Å². The number of nitriles is 1. The van der Waals surface area contributed by atoms with E-state index < -0.39 is 23.8 Å². The van der Waals surface area contributed by atoms with Crippen molar-refractivity contribution in [1.82, 2.24) is 5.32 Å². The van der Waals surface area contributed by atoms with Crippen molar-refractivity contribution < 1.29 is 14.4 Å². The molecular formula is C12H8BrN3O3. The summed E-state index contributed by atoms with van der Waals surface area (Å²) >= 11 is 3.21. The van der Waals surface area contributed by atoms with Crippen molar-refractivity contribution in [3.8, 4) is 6.07 Å². The Morgan fingerprint density at radius 1 is 1.37 bits per heavy atom. The van der Waals surface area contributed by atoms with Crippen LogP contribution in [0.3, 0.4) is 0 Å². The Labute approximate surface area is 117 Å². The fourth-order valence-electron chi connectivity index (χ4n) is 1.69. The molecule has 0 aliphatic carbocycles. The number of imide groups is 2. The molecule has 0 saturated carbocycles. The van der Waals surface area contributed by atoms with E-state index in [1.165, 1.54) is 19.1 Å². The number of rotatable bonds is 1. The standard InChI is InChI=1S/C12H8BrN3O3/c1-6-10(17)15-12(19)16(11(6)18)9-4-8(13)3-2-7(9)5-14/h2-4,6H,1H3,(H,15,17,19). The zero-order valence-corrected chi connectivity index (χ0v) is 11.4. The van der Waals surface area contributed by atoms with Gasteiger partial charge in [0.2, 0.25) is 11.8 Å². The van der Waals surface area contributed by atoms with Crippen LogP contribution in [-0.4, -0.2) is 17.8 Å². The van der Waals surface area contributed by atoms with Crippen molar-refractivity contribution in [3.63, 3.8) is 0 Å². The maximum absolute atomic E-state index is 12.0. The molecule has 96 valence electrons. The SMILES string of the molecule is CC1C(=O)NC(=O)N(c2cc(Br)ccc2C#N)C1=O. The molecule has 1 aromatic carbocycles. The van der Waals surface area contributed by atoms with E-state index in [0.29, 0.717) is 4.47 Å². The average Bonchev–Trinajstić information content (AvgIpc) is 2.36. The normalized spacial score (nSPS) is 19.1. The Bertz CT molecular complexity index is 636. The lowest BCUT2D eigenvalue weighted by atomic mass is 10.1. The second-order valence-corrected chi connectivity index (χ2v) is 4.88. The number of barbiturate groups is 1.